The zero-order valence-electron chi connectivity index (χ0n) is 11.9. The molecule has 0 aromatic heterocycles. The van der Waals surface area contributed by atoms with Crippen molar-refractivity contribution in [3.63, 3.8) is 0 Å². The molecule has 1 unspecified atom stereocenters. The standard InChI is InChI=1S/C13H27NO6/c1-3-5-19-8-11(18)13(14)9(16)6-12(20-4-2)10(17)7-15/h3,9-13,15-18H,1,4-8,14H2,2H3/t9-,10?,11-,12+,13+/m0/s1. The van der Waals surface area contributed by atoms with Crippen molar-refractivity contribution >= 4 is 0 Å². The Morgan fingerprint density at radius 2 is 1.85 bits per heavy atom. The molecule has 120 valence electrons. The Morgan fingerprint density at radius 3 is 2.35 bits per heavy atom. The van der Waals surface area contributed by atoms with Crippen LogP contribution in [0.25, 0.3) is 0 Å². The van der Waals surface area contributed by atoms with E-state index in [4.69, 9.17) is 20.3 Å². The summed E-state index contributed by atoms with van der Waals surface area (Å²) < 4.78 is 10.3. The number of hydrogen-bond donors (Lipinski definition) is 5. The van der Waals surface area contributed by atoms with Crippen molar-refractivity contribution < 1.29 is 29.9 Å². The number of aliphatic hydroxyl groups is 4. The maximum atomic E-state index is 9.95. The molecule has 7 nitrogen and oxygen atoms in total. The van der Waals surface area contributed by atoms with Crippen LogP contribution in [0, 0.1) is 0 Å². The van der Waals surface area contributed by atoms with Gasteiger partial charge in [-0.2, -0.15) is 0 Å². The summed E-state index contributed by atoms with van der Waals surface area (Å²) in [6.07, 6.45) is -2.43. The highest BCUT2D eigenvalue weighted by Crippen LogP contribution is 2.12. The molecule has 0 aliphatic carbocycles. The molecule has 0 aliphatic rings. The smallest absolute Gasteiger partial charge is 0.103 e. The molecule has 5 atom stereocenters. The Labute approximate surface area is 119 Å². The van der Waals surface area contributed by atoms with Crippen LogP contribution < -0.4 is 5.73 Å². The average Bonchev–Trinajstić information content (AvgIpc) is 2.45. The van der Waals surface area contributed by atoms with Gasteiger partial charge in [0.05, 0.1) is 44.2 Å². The summed E-state index contributed by atoms with van der Waals surface area (Å²) in [7, 11) is 0. The topological polar surface area (TPSA) is 125 Å². The van der Waals surface area contributed by atoms with Crippen LogP contribution in [0.1, 0.15) is 13.3 Å². The fourth-order valence-electron chi connectivity index (χ4n) is 1.70. The van der Waals surface area contributed by atoms with E-state index in [0.717, 1.165) is 0 Å². The van der Waals surface area contributed by atoms with Crippen LogP contribution in [0.5, 0.6) is 0 Å². The van der Waals surface area contributed by atoms with E-state index in [1.165, 1.54) is 6.08 Å². The lowest BCUT2D eigenvalue weighted by molar-refractivity contribution is -0.0829. The second-order valence-corrected chi connectivity index (χ2v) is 4.52. The Kier molecular flexibility index (Phi) is 10.9. The van der Waals surface area contributed by atoms with Gasteiger partial charge in [-0.05, 0) is 6.92 Å². The van der Waals surface area contributed by atoms with E-state index in [9.17, 15) is 15.3 Å². The van der Waals surface area contributed by atoms with Crippen molar-refractivity contribution in [1.29, 1.82) is 0 Å². The molecule has 0 amide bonds. The molecular formula is C13H27NO6. The Balaban J connectivity index is 4.31. The van der Waals surface area contributed by atoms with Crippen LogP contribution in [-0.4, -0.2) is 77.3 Å². The van der Waals surface area contributed by atoms with Gasteiger partial charge in [-0.3, -0.25) is 0 Å². The van der Waals surface area contributed by atoms with Gasteiger partial charge in [-0.25, -0.2) is 0 Å². The van der Waals surface area contributed by atoms with E-state index in [1.54, 1.807) is 6.92 Å². The minimum absolute atomic E-state index is 0.00918. The SMILES string of the molecule is C=CCOC[C@H](O)[C@H](N)[C@@H](O)C[C@@H](OCC)C(O)CO. The van der Waals surface area contributed by atoms with Crippen molar-refractivity contribution in [1.82, 2.24) is 0 Å². The first-order valence-corrected chi connectivity index (χ1v) is 6.68. The van der Waals surface area contributed by atoms with Gasteiger partial charge >= 0.3 is 0 Å². The Bertz CT molecular complexity index is 253. The minimum Gasteiger partial charge on any atom is -0.394 e. The lowest BCUT2D eigenvalue weighted by atomic mass is 9.98. The quantitative estimate of drug-likeness (QED) is 0.216. The fourth-order valence-corrected chi connectivity index (χ4v) is 1.70. The summed E-state index contributed by atoms with van der Waals surface area (Å²) in [6, 6.07) is -0.936. The first-order chi connectivity index (χ1) is 9.47. The lowest BCUT2D eigenvalue weighted by Crippen LogP contribution is -2.49. The van der Waals surface area contributed by atoms with Gasteiger partial charge in [-0.15, -0.1) is 6.58 Å². The summed E-state index contributed by atoms with van der Waals surface area (Å²) in [5.74, 6) is 0. The summed E-state index contributed by atoms with van der Waals surface area (Å²) in [5.41, 5.74) is 5.72. The van der Waals surface area contributed by atoms with Crippen LogP contribution >= 0.6 is 0 Å². The number of rotatable bonds is 12. The van der Waals surface area contributed by atoms with Crippen LogP contribution in [0.15, 0.2) is 12.7 Å². The highest BCUT2D eigenvalue weighted by atomic mass is 16.5. The van der Waals surface area contributed by atoms with Crippen molar-refractivity contribution in [2.45, 2.75) is 43.8 Å². The molecule has 0 rings (SSSR count). The predicted octanol–water partition coefficient (Wildman–Crippen LogP) is -1.61. The molecule has 0 heterocycles. The van der Waals surface area contributed by atoms with Gasteiger partial charge in [0, 0.05) is 13.0 Å². The van der Waals surface area contributed by atoms with Gasteiger partial charge in [-0.1, -0.05) is 6.08 Å². The van der Waals surface area contributed by atoms with E-state index >= 15 is 0 Å². The summed E-state index contributed by atoms with van der Waals surface area (Å²) in [5, 5.41) is 38.2. The van der Waals surface area contributed by atoms with E-state index < -0.39 is 37.1 Å². The molecule has 0 aromatic rings. The fraction of sp³-hybridized carbons (Fsp3) is 0.846. The van der Waals surface area contributed by atoms with Gasteiger partial charge in [0.1, 0.15) is 6.10 Å². The van der Waals surface area contributed by atoms with Gasteiger partial charge in [0.15, 0.2) is 0 Å². The molecule has 20 heavy (non-hydrogen) atoms. The highest BCUT2D eigenvalue weighted by molar-refractivity contribution is 4.84. The molecule has 0 spiro atoms. The van der Waals surface area contributed by atoms with E-state index in [2.05, 4.69) is 6.58 Å². The molecule has 0 aliphatic heterocycles. The van der Waals surface area contributed by atoms with E-state index in [1.807, 2.05) is 0 Å². The Morgan fingerprint density at radius 1 is 1.20 bits per heavy atom. The summed E-state index contributed by atoms with van der Waals surface area (Å²) in [6.45, 7) is 5.32. The maximum absolute atomic E-state index is 9.95. The van der Waals surface area contributed by atoms with Crippen LogP contribution in [0.3, 0.4) is 0 Å². The third-order valence-electron chi connectivity index (χ3n) is 2.88. The van der Waals surface area contributed by atoms with Crippen molar-refractivity contribution in [2.75, 3.05) is 26.4 Å². The normalized spacial score (nSPS) is 19.1. The van der Waals surface area contributed by atoms with Crippen molar-refractivity contribution in [3.8, 4) is 0 Å². The Hall–Kier alpha value is -0.540. The number of nitrogens with two attached hydrogens (primary N) is 1. The number of aliphatic hydroxyl groups excluding tert-OH is 4. The number of ether oxygens (including phenoxy) is 2. The third kappa shape index (κ3) is 7.30. The summed E-state index contributed by atoms with van der Waals surface area (Å²) >= 11 is 0. The van der Waals surface area contributed by atoms with Gasteiger partial charge in [0.2, 0.25) is 0 Å². The largest absolute Gasteiger partial charge is 0.394 e. The van der Waals surface area contributed by atoms with Crippen LogP contribution in [0.4, 0.5) is 0 Å². The molecule has 0 fully saturated rings. The average molecular weight is 293 g/mol. The second-order valence-electron chi connectivity index (χ2n) is 4.52. The highest BCUT2D eigenvalue weighted by Gasteiger charge is 2.29. The van der Waals surface area contributed by atoms with Crippen LogP contribution in [-0.2, 0) is 9.47 Å². The first-order valence-electron chi connectivity index (χ1n) is 6.68. The molecule has 7 heteroatoms. The zero-order chi connectivity index (χ0) is 15.5. The van der Waals surface area contributed by atoms with Crippen molar-refractivity contribution in [2.24, 2.45) is 5.73 Å². The maximum Gasteiger partial charge on any atom is 0.103 e. The lowest BCUT2D eigenvalue weighted by Gasteiger charge is -2.28. The zero-order valence-corrected chi connectivity index (χ0v) is 11.9. The van der Waals surface area contributed by atoms with E-state index in [0.29, 0.717) is 6.61 Å². The first kappa shape index (κ1) is 19.5. The van der Waals surface area contributed by atoms with Crippen LogP contribution in [0.2, 0.25) is 0 Å². The van der Waals surface area contributed by atoms with Gasteiger partial charge < -0.3 is 35.6 Å². The monoisotopic (exact) mass is 293 g/mol. The number of hydrogen-bond acceptors (Lipinski definition) is 7. The van der Waals surface area contributed by atoms with Crippen molar-refractivity contribution in [3.05, 3.63) is 12.7 Å². The van der Waals surface area contributed by atoms with E-state index in [-0.39, 0.29) is 19.6 Å². The minimum atomic E-state index is -1.11. The molecule has 0 radical (unpaired) electrons. The summed E-state index contributed by atoms with van der Waals surface area (Å²) in [4.78, 5) is 0. The molecule has 0 aromatic carbocycles. The molecule has 6 N–H and O–H groups in total. The molecular weight excluding hydrogens is 266 g/mol. The predicted molar refractivity (Wildman–Crippen MR) is 74.1 cm³/mol. The molecule has 0 saturated carbocycles. The third-order valence-corrected chi connectivity index (χ3v) is 2.88. The second kappa shape index (κ2) is 11.2. The molecule has 0 saturated heterocycles. The van der Waals surface area contributed by atoms with Gasteiger partial charge in [0.25, 0.3) is 0 Å². The molecule has 0 bridgehead atoms.